The third kappa shape index (κ3) is 4.08. The zero-order valence-corrected chi connectivity index (χ0v) is 18.9. The molecule has 7 heteroatoms. The van der Waals surface area contributed by atoms with Crippen molar-refractivity contribution in [3.8, 4) is 5.75 Å². The van der Waals surface area contributed by atoms with Crippen LogP contribution in [0.5, 0.6) is 5.75 Å². The summed E-state index contributed by atoms with van der Waals surface area (Å²) >= 11 is 25.3. The number of fused-ring (bicyclic) bond motifs is 1. The lowest BCUT2D eigenvalue weighted by molar-refractivity contribution is 0.469. The number of phenolic OH excluding ortho intramolecular Hbond substituents is 1. The molecule has 1 atom stereocenters. The van der Waals surface area contributed by atoms with Crippen molar-refractivity contribution in [3.05, 3.63) is 97.3 Å². The highest BCUT2D eigenvalue weighted by Gasteiger charge is 2.25. The molecule has 4 aromatic rings. The molecule has 3 nitrogen and oxygen atoms in total. The molecule has 30 heavy (non-hydrogen) atoms. The fourth-order valence-electron chi connectivity index (χ4n) is 3.62. The summed E-state index contributed by atoms with van der Waals surface area (Å²) in [6, 6.07) is 12.7. The van der Waals surface area contributed by atoms with Crippen molar-refractivity contribution in [1.82, 2.24) is 9.97 Å². The lowest BCUT2D eigenvalue weighted by Gasteiger charge is -2.22. The quantitative estimate of drug-likeness (QED) is 0.307. The Balaban J connectivity index is 1.93. The van der Waals surface area contributed by atoms with E-state index in [1.165, 1.54) is 0 Å². The highest BCUT2D eigenvalue weighted by molar-refractivity contribution is 6.43. The van der Waals surface area contributed by atoms with Crippen molar-refractivity contribution in [3.63, 3.8) is 0 Å². The number of nitrogens with zero attached hydrogens (tertiary/aromatic N) is 2. The maximum Gasteiger partial charge on any atom is 0.145 e. The molecule has 0 fully saturated rings. The Labute approximate surface area is 194 Å². The van der Waals surface area contributed by atoms with Crippen LogP contribution in [-0.4, -0.2) is 15.1 Å². The predicted molar refractivity (Wildman–Crippen MR) is 124 cm³/mol. The molecule has 152 valence electrons. The molecule has 0 radical (unpaired) electrons. The molecule has 2 aromatic heterocycles. The lowest BCUT2D eigenvalue weighted by atomic mass is 9.85. The van der Waals surface area contributed by atoms with Gasteiger partial charge in [0.15, 0.2) is 0 Å². The fraction of sp³-hybridized carbons (Fsp3) is 0.130. The molecule has 0 saturated heterocycles. The minimum atomic E-state index is -0.354. The van der Waals surface area contributed by atoms with E-state index in [1.807, 2.05) is 37.3 Å². The summed E-state index contributed by atoms with van der Waals surface area (Å²) < 4.78 is 0. The second-order valence-corrected chi connectivity index (χ2v) is 8.70. The zero-order chi connectivity index (χ0) is 21.4. The number of phenols is 1. The standard InChI is InChI=1S/C23H16Cl4N2O/c1-12-7-15(25)11-29-20(12)10-17(18-8-14(24)9-19(26)21(18)27)16-5-4-13-3-2-6-28-22(13)23(16)30/h2-9,11,17,30H,10H2,1H3. The van der Waals surface area contributed by atoms with Gasteiger partial charge in [0.25, 0.3) is 0 Å². The molecular weight excluding hydrogens is 462 g/mol. The van der Waals surface area contributed by atoms with Crippen LogP contribution in [0.2, 0.25) is 20.1 Å². The molecule has 0 bridgehead atoms. The van der Waals surface area contributed by atoms with Crippen molar-refractivity contribution < 1.29 is 5.11 Å². The number of hydrogen-bond donors (Lipinski definition) is 1. The van der Waals surface area contributed by atoms with Gasteiger partial charge in [-0.25, -0.2) is 0 Å². The van der Waals surface area contributed by atoms with Gasteiger partial charge in [0.2, 0.25) is 0 Å². The minimum absolute atomic E-state index is 0.0943. The highest BCUT2D eigenvalue weighted by Crippen LogP contribution is 2.43. The number of pyridine rings is 2. The van der Waals surface area contributed by atoms with E-state index in [4.69, 9.17) is 46.4 Å². The maximum absolute atomic E-state index is 11.1. The number of aromatic hydroxyl groups is 1. The number of halogens is 4. The van der Waals surface area contributed by atoms with Crippen LogP contribution in [0.25, 0.3) is 10.9 Å². The van der Waals surface area contributed by atoms with E-state index in [9.17, 15) is 5.11 Å². The largest absolute Gasteiger partial charge is 0.505 e. The Kier molecular flexibility index (Phi) is 6.08. The van der Waals surface area contributed by atoms with Crippen molar-refractivity contribution >= 4 is 57.3 Å². The Bertz CT molecular complexity index is 1260. The van der Waals surface area contributed by atoms with Crippen molar-refractivity contribution in [2.24, 2.45) is 0 Å². The van der Waals surface area contributed by atoms with Crippen LogP contribution >= 0.6 is 46.4 Å². The first-order valence-corrected chi connectivity index (χ1v) is 10.7. The number of benzene rings is 2. The molecule has 0 amide bonds. The van der Waals surface area contributed by atoms with Gasteiger partial charge in [0, 0.05) is 46.4 Å². The molecule has 2 heterocycles. The number of aromatic nitrogens is 2. The first-order valence-electron chi connectivity index (χ1n) is 9.17. The SMILES string of the molecule is Cc1cc(Cl)cnc1CC(c1cc(Cl)cc(Cl)c1Cl)c1ccc2cccnc2c1O. The molecule has 0 aliphatic rings. The second-order valence-electron chi connectivity index (χ2n) is 7.04. The van der Waals surface area contributed by atoms with Gasteiger partial charge in [-0.2, -0.15) is 0 Å². The van der Waals surface area contributed by atoms with Crippen LogP contribution in [0.3, 0.4) is 0 Å². The summed E-state index contributed by atoms with van der Waals surface area (Å²) in [6.07, 6.45) is 3.72. The van der Waals surface area contributed by atoms with Crippen molar-refractivity contribution in [1.29, 1.82) is 0 Å². The van der Waals surface area contributed by atoms with Crippen LogP contribution in [0.15, 0.2) is 54.9 Å². The average molecular weight is 478 g/mol. The Hall–Kier alpha value is -2.04. The number of hydrogen-bond acceptors (Lipinski definition) is 3. The van der Waals surface area contributed by atoms with Gasteiger partial charge in [0.05, 0.1) is 15.1 Å². The molecule has 0 spiro atoms. The molecule has 2 aromatic carbocycles. The van der Waals surface area contributed by atoms with E-state index in [0.29, 0.717) is 43.2 Å². The van der Waals surface area contributed by atoms with E-state index in [0.717, 1.165) is 16.6 Å². The van der Waals surface area contributed by atoms with Crippen LogP contribution < -0.4 is 0 Å². The molecular formula is C23H16Cl4N2O. The van der Waals surface area contributed by atoms with E-state index < -0.39 is 0 Å². The molecule has 1 unspecified atom stereocenters. The van der Waals surface area contributed by atoms with Gasteiger partial charge in [-0.15, -0.1) is 0 Å². The summed E-state index contributed by atoms with van der Waals surface area (Å²) in [5, 5.41) is 13.7. The monoisotopic (exact) mass is 476 g/mol. The number of rotatable bonds is 4. The zero-order valence-electron chi connectivity index (χ0n) is 15.8. The van der Waals surface area contributed by atoms with Gasteiger partial charge in [-0.05, 0) is 42.3 Å². The van der Waals surface area contributed by atoms with Crippen LogP contribution in [0.4, 0.5) is 0 Å². The van der Waals surface area contributed by atoms with Crippen LogP contribution in [0.1, 0.15) is 28.3 Å². The first-order chi connectivity index (χ1) is 14.3. The van der Waals surface area contributed by atoms with Crippen LogP contribution in [-0.2, 0) is 6.42 Å². The first kappa shape index (κ1) is 21.2. The summed E-state index contributed by atoms with van der Waals surface area (Å²) in [4.78, 5) is 8.84. The number of aryl methyl sites for hydroxylation is 1. The Morgan fingerprint density at radius 1 is 0.933 bits per heavy atom. The van der Waals surface area contributed by atoms with Crippen molar-refractivity contribution in [2.45, 2.75) is 19.3 Å². The second kappa shape index (κ2) is 8.60. The average Bonchev–Trinajstić information content (AvgIpc) is 2.71. The summed E-state index contributed by atoms with van der Waals surface area (Å²) in [6.45, 7) is 1.94. The minimum Gasteiger partial charge on any atom is -0.505 e. The smallest absolute Gasteiger partial charge is 0.145 e. The third-order valence-electron chi connectivity index (χ3n) is 5.10. The van der Waals surface area contributed by atoms with Gasteiger partial charge in [0.1, 0.15) is 11.3 Å². The van der Waals surface area contributed by atoms with E-state index in [1.54, 1.807) is 24.5 Å². The molecule has 0 aliphatic carbocycles. The van der Waals surface area contributed by atoms with Crippen molar-refractivity contribution in [2.75, 3.05) is 0 Å². The fourth-order valence-corrected chi connectivity index (χ4v) is 4.58. The summed E-state index contributed by atoms with van der Waals surface area (Å²) in [5.41, 5.74) is 3.66. The summed E-state index contributed by atoms with van der Waals surface area (Å²) in [7, 11) is 0. The van der Waals surface area contributed by atoms with E-state index in [2.05, 4.69) is 9.97 Å². The van der Waals surface area contributed by atoms with E-state index >= 15 is 0 Å². The highest BCUT2D eigenvalue weighted by atomic mass is 35.5. The predicted octanol–water partition coefficient (Wildman–Crippen LogP) is 7.63. The van der Waals surface area contributed by atoms with E-state index in [-0.39, 0.29) is 11.7 Å². The summed E-state index contributed by atoms with van der Waals surface area (Å²) in [5.74, 6) is -0.260. The molecule has 4 rings (SSSR count). The van der Waals surface area contributed by atoms with Gasteiger partial charge >= 0.3 is 0 Å². The Morgan fingerprint density at radius 2 is 1.73 bits per heavy atom. The normalized spacial score (nSPS) is 12.3. The maximum atomic E-state index is 11.1. The topological polar surface area (TPSA) is 46.0 Å². The molecule has 0 saturated carbocycles. The molecule has 1 N–H and O–H groups in total. The van der Waals surface area contributed by atoms with Crippen LogP contribution in [0, 0.1) is 6.92 Å². The van der Waals surface area contributed by atoms with Gasteiger partial charge < -0.3 is 5.11 Å². The molecule has 0 aliphatic heterocycles. The third-order valence-corrected chi connectivity index (χ3v) is 6.34. The van der Waals surface area contributed by atoms with Gasteiger partial charge in [-0.1, -0.05) is 64.6 Å². The lowest BCUT2D eigenvalue weighted by Crippen LogP contribution is -2.09. The van der Waals surface area contributed by atoms with Gasteiger partial charge in [-0.3, -0.25) is 9.97 Å². The Morgan fingerprint density at radius 3 is 2.50 bits per heavy atom.